The summed E-state index contributed by atoms with van der Waals surface area (Å²) in [6, 6.07) is 10.9. The molecular formula is C19H21Cl2N3O. The summed E-state index contributed by atoms with van der Waals surface area (Å²) in [6.45, 7) is 2.50. The summed E-state index contributed by atoms with van der Waals surface area (Å²) < 4.78 is 0. The van der Waals surface area contributed by atoms with Crippen molar-refractivity contribution in [3.05, 3.63) is 63.9 Å². The lowest BCUT2D eigenvalue weighted by molar-refractivity contribution is 0.0912. The number of carbonyl (C=O) groups is 1. The zero-order valence-electron chi connectivity index (χ0n) is 13.9. The van der Waals surface area contributed by atoms with Gasteiger partial charge < -0.3 is 10.6 Å². The molecule has 3 rings (SSSR count). The Labute approximate surface area is 157 Å². The van der Waals surface area contributed by atoms with Crippen LogP contribution in [-0.4, -0.2) is 30.5 Å². The minimum atomic E-state index is -0.166. The third kappa shape index (κ3) is 4.72. The van der Waals surface area contributed by atoms with Gasteiger partial charge in [0.05, 0.1) is 10.6 Å². The van der Waals surface area contributed by atoms with Crippen LogP contribution in [0.3, 0.4) is 0 Å². The highest BCUT2D eigenvalue weighted by Crippen LogP contribution is 2.32. The number of nitrogens with zero attached hydrogens (tertiary/aromatic N) is 1. The molecule has 132 valence electrons. The van der Waals surface area contributed by atoms with Crippen molar-refractivity contribution < 1.29 is 4.79 Å². The molecule has 1 fully saturated rings. The van der Waals surface area contributed by atoms with Crippen molar-refractivity contribution in [1.29, 1.82) is 0 Å². The largest absolute Gasteiger partial charge is 0.351 e. The molecule has 6 heteroatoms. The molecule has 25 heavy (non-hydrogen) atoms. The molecule has 1 aromatic carbocycles. The molecule has 0 bridgehead atoms. The van der Waals surface area contributed by atoms with Gasteiger partial charge in [-0.2, -0.15) is 0 Å². The molecule has 1 aromatic heterocycles. The summed E-state index contributed by atoms with van der Waals surface area (Å²) in [5.41, 5.74) is 1.52. The number of hydrogen-bond acceptors (Lipinski definition) is 3. The molecule has 0 radical (unpaired) electrons. The Balaban J connectivity index is 1.71. The van der Waals surface area contributed by atoms with Crippen molar-refractivity contribution >= 4 is 29.1 Å². The fourth-order valence-electron chi connectivity index (χ4n) is 3.30. The summed E-state index contributed by atoms with van der Waals surface area (Å²) in [7, 11) is 0. The van der Waals surface area contributed by atoms with E-state index in [1.807, 2.05) is 24.4 Å². The molecule has 4 nitrogen and oxygen atoms in total. The van der Waals surface area contributed by atoms with Gasteiger partial charge in [-0.15, -0.1) is 0 Å². The van der Waals surface area contributed by atoms with E-state index in [1.165, 1.54) is 0 Å². The van der Waals surface area contributed by atoms with Crippen LogP contribution in [0.2, 0.25) is 10.0 Å². The van der Waals surface area contributed by atoms with E-state index in [0.29, 0.717) is 22.2 Å². The van der Waals surface area contributed by atoms with Gasteiger partial charge in [0, 0.05) is 23.5 Å². The first-order valence-corrected chi connectivity index (χ1v) is 9.17. The van der Waals surface area contributed by atoms with Crippen LogP contribution in [0.1, 0.15) is 28.9 Å². The number of amides is 1. The van der Waals surface area contributed by atoms with Gasteiger partial charge >= 0.3 is 0 Å². The van der Waals surface area contributed by atoms with E-state index in [2.05, 4.69) is 15.6 Å². The number of rotatable bonds is 5. The average molecular weight is 378 g/mol. The average Bonchev–Trinajstić information content (AvgIpc) is 2.61. The Bertz CT molecular complexity index is 731. The second-order valence-corrected chi connectivity index (χ2v) is 7.40. The number of pyridine rings is 1. The molecule has 0 unspecified atom stereocenters. The Kier molecular flexibility index (Phi) is 5.94. The predicted molar refractivity (Wildman–Crippen MR) is 101 cm³/mol. The SMILES string of the molecule is O=C(NCC1(Cc2ccccn2)CCNCC1)c1ccc(Cl)cc1Cl. The summed E-state index contributed by atoms with van der Waals surface area (Å²) in [6.07, 6.45) is 4.66. The lowest BCUT2D eigenvalue weighted by Gasteiger charge is -2.37. The first-order valence-electron chi connectivity index (χ1n) is 8.42. The van der Waals surface area contributed by atoms with Crippen LogP contribution in [0.4, 0.5) is 0 Å². The van der Waals surface area contributed by atoms with Crippen LogP contribution < -0.4 is 10.6 Å². The molecule has 0 spiro atoms. The molecule has 0 aliphatic carbocycles. The van der Waals surface area contributed by atoms with Crippen LogP contribution in [0, 0.1) is 5.41 Å². The Morgan fingerprint density at radius 3 is 2.68 bits per heavy atom. The lowest BCUT2D eigenvalue weighted by Crippen LogP contribution is -2.46. The Hall–Kier alpha value is -1.62. The van der Waals surface area contributed by atoms with Gasteiger partial charge in [-0.25, -0.2) is 0 Å². The monoisotopic (exact) mass is 377 g/mol. The number of benzene rings is 1. The summed E-state index contributed by atoms with van der Waals surface area (Å²) in [5, 5.41) is 7.35. The van der Waals surface area contributed by atoms with Crippen LogP contribution in [-0.2, 0) is 6.42 Å². The first kappa shape index (κ1) is 18.2. The van der Waals surface area contributed by atoms with Gasteiger partial charge in [0.2, 0.25) is 0 Å². The molecule has 1 amide bonds. The van der Waals surface area contributed by atoms with E-state index in [4.69, 9.17) is 23.2 Å². The van der Waals surface area contributed by atoms with Crippen molar-refractivity contribution in [1.82, 2.24) is 15.6 Å². The van der Waals surface area contributed by atoms with E-state index < -0.39 is 0 Å². The third-order valence-corrected chi connectivity index (χ3v) is 5.29. The van der Waals surface area contributed by atoms with Gasteiger partial charge in [-0.3, -0.25) is 9.78 Å². The molecule has 2 N–H and O–H groups in total. The van der Waals surface area contributed by atoms with Gasteiger partial charge in [-0.05, 0) is 68.1 Å². The second-order valence-electron chi connectivity index (χ2n) is 6.55. The van der Waals surface area contributed by atoms with Crippen molar-refractivity contribution in [2.24, 2.45) is 5.41 Å². The lowest BCUT2D eigenvalue weighted by atomic mass is 9.75. The van der Waals surface area contributed by atoms with E-state index in [9.17, 15) is 4.79 Å². The van der Waals surface area contributed by atoms with Crippen molar-refractivity contribution in [2.45, 2.75) is 19.3 Å². The highest BCUT2D eigenvalue weighted by molar-refractivity contribution is 6.36. The molecule has 0 atom stereocenters. The summed E-state index contributed by atoms with van der Waals surface area (Å²) >= 11 is 12.0. The number of piperidine rings is 1. The van der Waals surface area contributed by atoms with E-state index in [1.54, 1.807) is 18.2 Å². The van der Waals surface area contributed by atoms with Crippen LogP contribution in [0.25, 0.3) is 0 Å². The number of aromatic nitrogens is 1. The fraction of sp³-hybridized carbons (Fsp3) is 0.368. The summed E-state index contributed by atoms with van der Waals surface area (Å²) in [4.78, 5) is 17.0. The molecule has 2 aromatic rings. The number of halogens is 2. The smallest absolute Gasteiger partial charge is 0.252 e. The van der Waals surface area contributed by atoms with Gasteiger partial charge in [0.15, 0.2) is 0 Å². The maximum Gasteiger partial charge on any atom is 0.252 e. The van der Waals surface area contributed by atoms with Gasteiger partial charge in [0.25, 0.3) is 5.91 Å². The molecule has 1 aliphatic heterocycles. The zero-order valence-corrected chi connectivity index (χ0v) is 15.4. The van der Waals surface area contributed by atoms with Crippen molar-refractivity contribution in [2.75, 3.05) is 19.6 Å². The summed E-state index contributed by atoms with van der Waals surface area (Å²) in [5.74, 6) is -0.166. The maximum absolute atomic E-state index is 12.5. The van der Waals surface area contributed by atoms with Crippen LogP contribution in [0.15, 0.2) is 42.6 Å². The van der Waals surface area contributed by atoms with Crippen molar-refractivity contribution in [3.8, 4) is 0 Å². The van der Waals surface area contributed by atoms with E-state index in [-0.39, 0.29) is 11.3 Å². The minimum absolute atomic E-state index is 0.00810. The Morgan fingerprint density at radius 2 is 2.00 bits per heavy atom. The minimum Gasteiger partial charge on any atom is -0.351 e. The highest BCUT2D eigenvalue weighted by atomic mass is 35.5. The van der Waals surface area contributed by atoms with Gasteiger partial charge in [0.1, 0.15) is 0 Å². The maximum atomic E-state index is 12.5. The third-order valence-electron chi connectivity index (χ3n) is 4.75. The van der Waals surface area contributed by atoms with Crippen LogP contribution in [0.5, 0.6) is 0 Å². The highest BCUT2D eigenvalue weighted by Gasteiger charge is 2.33. The van der Waals surface area contributed by atoms with Gasteiger partial charge in [-0.1, -0.05) is 29.3 Å². The normalized spacial score (nSPS) is 16.4. The molecule has 0 saturated carbocycles. The fourth-order valence-corrected chi connectivity index (χ4v) is 3.79. The topological polar surface area (TPSA) is 54.0 Å². The molecule has 1 saturated heterocycles. The Morgan fingerprint density at radius 1 is 1.20 bits per heavy atom. The standard InChI is InChI=1S/C19H21Cl2N3O/c20-14-4-5-16(17(21)11-14)18(25)24-13-19(6-9-22-10-7-19)12-15-3-1-2-8-23-15/h1-5,8,11,22H,6-7,9-10,12-13H2,(H,24,25). The molecule has 1 aliphatic rings. The first-order chi connectivity index (χ1) is 12.1. The van der Waals surface area contributed by atoms with E-state index >= 15 is 0 Å². The number of hydrogen-bond donors (Lipinski definition) is 2. The zero-order chi connectivity index (χ0) is 17.7. The number of carbonyl (C=O) groups excluding carboxylic acids is 1. The quantitative estimate of drug-likeness (QED) is 0.834. The van der Waals surface area contributed by atoms with E-state index in [0.717, 1.165) is 38.0 Å². The molecular weight excluding hydrogens is 357 g/mol. The predicted octanol–water partition coefficient (Wildman–Crippen LogP) is 3.73. The van der Waals surface area contributed by atoms with Crippen LogP contribution >= 0.6 is 23.2 Å². The second kappa shape index (κ2) is 8.17. The number of nitrogens with one attached hydrogen (secondary N) is 2. The van der Waals surface area contributed by atoms with Crippen molar-refractivity contribution in [3.63, 3.8) is 0 Å². The molecule has 2 heterocycles.